The van der Waals surface area contributed by atoms with Gasteiger partial charge in [-0.1, -0.05) is 0 Å². The van der Waals surface area contributed by atoms with E-state index in [9.17, 15) is 4.79 Å². The summed E-state index contributed by atoms with van der Waals surface area (Å²) in [7, 11) is 1.83. The van der Waals surface area contributed by atoms with Crippen LogP contribution in [-0.4, -0.2) is 15.3 Å². The maximum absolute atomic E-state index is 10.8. The Kier molecular flexibility index (Phi) is 1.57. The van der Waals surface area contributed by atoms with Crippen LogP contribution in [0.1, 0.15) is 23.2 Å². The van der Waals surface area contributed by atoms with E-state index in [-0.39, 0.29) is 5.78 Å². The number of hydrogen-bond acceptors (Lipinski definition) is 2. The molecule has 0 aliphatic carbocycles. The van der Waals surface area contributed by atoms with Crippen LogP contribution in [-0.2, 0) is 7.05 Å². The van der Waals surface area contributed by atoms with Gasteiger partial charge in [-0.25, -0.2) is 4.98 Å². The Hall–Kier alpha value is -1.12. The molecule has 0 radical (unpaired) electrons. The molecule has 1 heterocycles. The van der Waals surface area contributed by atoms with Gasteiger partial charge in [0.15, 0.2) is 5.78 Å². The van der Waals surface area contributed by atoms with Crippen molar-refractivity contribution in [2.24, 2.45) is 7.05 Å². The molecular weight excluding hydrogens is 128 g/mol. The van der Waals surface area contributed by atoms with Crippen LogP contribution >= 0.6 is 0 Å². The molecule has 0 bridgehead atoms. The lowest BCUT2D eigenvalue weighted by Gasteiger charge is -1.96. The molecule has 0 atom stereocenters. The van der Waals surface area contributed by atoms with E-state index in [2.05, 4.69) is 4.98 Å². The van der Waals surface area contributed by atoms with Gasteiger partial charge in [-0.2, -0.15) is 0 Å². The van der Waals surface area contributed by atoms with Gasteiger partial charge in [0.25, 0.3) is 0 Å². The van der Waals surface area contributed by atoms with Crippen LogP contribution < -0.4 is 0 Å². The van der Waals surface area contributed by atoms with Crippen molar-refractivity contribution in [3.8, 4) is 0 Å². The fourth-order valence-electron chi connectivity index (χ4n) is 0.829. The van der Waals surface area contributed by atoms with Gasteiger partial charge in [0.2, 0.25) is 0 Å². The SMILES string of the molecule is CC(=O)c1cnc(C)n1C. The lowest BCUT2D eigenvalue weighted by molar-refractivity contribution is 0.101. The Morgan fingerprint density at radius 3 is 2.50 bits per heavy atom. The number of hydrogen-bond donors (Lipinski definition) is 0. The summed E-state index contributed by atoms with van der Waals surface area (Å²) >= 11 is 0. The second kappa shape index (κ2) is 2.25. The Morgan fingerprint density at radius 2 is 2.30 bits per heavy atom. The van der Waals surface area contributed by atoms with E-state index in [1.54, 1.807) is 10.8 Å². The first-order valence-corrected chi connectivity index (χ1v) is 3.12. The minimum Gasteiger partial charge on any atom is -0.329 e. The highest BCUT2D eigenvalue weighted by atomic mass is 16.1. The number of Topliss-reactive ketones (excluding diaryl/α,β-unsaturated/α-hetero) is 1. The van der Waals surface area contributed by atoms with E-state index in [4.69, 9.17) is 0 Å². The van der Waals surface area contributed by atoms with Gasteiger partial charge >= 0.3 is 0 Å². The zero-order chi connectivity index (χ0) is 7.72. The molecule has 1 aromatic heterocycles. The lowest BCUT2D eigenvalue weighted by atomic mass is 10.3. The maximum atomic E-state index is 10.8. The largest absolute Gasteiger partial charge is 0.329 e. The van der Waals surface area contributed by atoms with Gasteiger partial charge in [-0.05, 0) is 6.92 Å². The summed E-state index contributed by atoms with van der Waals surface area (Å²) < 4.78 is 1.78. The number of aromatic nitrogens is 2. The van der Waals surface area contributed by atoms with E-state index >= 15 is 0 Å². The topological polar surface area (TPSA) is 34.9 Å². The van der Waals surface area contributed by atoms with Crippen molar-refractivity contribution in [3.05, 3.63) is 17.7 Å². The molecule has 0 aliphatic heterocycles. The van der Waals surface area contributed by atoms with Gasteiger partial charge < -0.3 is 4.57 Å². The number of ketones is 1. The summed E-state index contributed by atoms with van der Waals surface area (Å²) in [6.45, 7) is 3.41. The predicted octanol–water partition coefficient (Wildman–Crippen LogP) is 0.931. The summed E-state index contributed by atoms with van der Waals surface area (Å²) in [6, 6.07) is 0. The van der Waals surface area contributed by atoms with Crippen molar-refractivity contribution in [1.82, 2.24) is 9.55 Å². The summed E-state index contributed by atoms with van der Waals surface area (Å²) in [5.41, 5.74) is 0.664. The van der Waals surface area contributed by atoms with Crippen LogP contribution in [0.3, 0.4) is 0 Å². The third-order valence-corrected chi connectivity index (χ3v) is 1.58. The Labute approximate surface area is 59.7 Å². The van der Waals surface area contributed by atoms with E-state index in [1.165, 1.54) is 6.92 Å². The molecule has 0 unspecified atom stereocenters. The number of imidazole rings is 1. The van der Waals surface area contributed by atoms with Crippen LogP contribution in [0.5, 0.6) is 0 Å². The van der Waals surface area contributed by atoms with E-state index < -0.39 is 0 Å². The molecule has 0 spiro atoms. The molecule has 0 amide bonds. The summed E-state index contributed by atoms with van der Waals surface area (Å²) in [4.78, 5) is 14.8. The fraction of sp³-hybridized carbons (Fsp3) is 0.429. The quantitative estimate of drug-likeness (QED) is 0.541. The summed E-state index contributed by atoms with van der Waals surface area (Å²) in [5.74, 6) is 0.924. The van der Waals surface area contributed by atoms with Gasteiger partial charge in [0, 0.05) is 14.0 Å². The van der Waals surface area contributed by atoms with Crippen LogP contribution in [0.15, 0.2) is 6.20 Å². The van der Waals surface area contributed by atoms with Crippen LogP contribution in [0.2, 0.25) is 0 Å². The molecule has 3 nitrogen and oxygen atoms in total. The summed E-state index contributed by atoms with van der Waals surface area (Å²) in [6.07, 6.45) is 1.59. The number of carbonyl (C=O) groups excluding carboxylic acids is 1. The highest BCUT2D eigenvalue weighted by molar-refractivity contribution is 5.92. The molecule has 54 valence electrons. The zero-order valence-electron chi connectivity index (χ0n) is 6.38. The molecule has 0 aromatic carbocycles. The van der Waals surface area contributed by atoms with E-state index in [0.29, 0.717) is 5.69 Å². The van der Waals surface area contributed by atoms with Gasteiger partial charge in [-0.15, -0.1) is 0 Å². The number of rotatable bonds is 1. The smallest absolute Gasteiger partial charge is 0.177 e. The van der Waals surface area contributed by atoms with E-state index in [1.807, 2.05) is 14.0 Å². The molecule has 1 rings (SSSR count). The van der Waals surface area contributed by atoms with Crippen molar-refractivity contribution in [2.75, 3.05) is 0 Å². The second-order valence-electron chi connectivity index (χ2n) is 2.31. The second-order valence-corrected chi connectivity index (χ2v) is 2.31. The molecule has 0 saturated heterocycles. The van der Waals surface area contributed by atoms with Crippen molar-refractivity contribution >= 4 is 5.78 Å². The Balaban J connectivity index is 3.17. The summed E-state index contributed by atoms with van der Waals surface area (Å²) in [5, 5.41) is 0. The number of carbonyl (C=O) groups is 1. The molecular formula is C7H10N2O. The first-order valence-electron chi connectivity index (χ1n) is 3.12. The maximum Gasteiger partial charge on any atom is 0.177 e. The van der Waals surface area contributed by atoms with Crippen molar-refractivity contribution in [2.45, 2.75) is 13.8 Å². The standard InChI is InChI=1S/C7H10N2O/c1-5(10)7-4-8-6(2)9(7)3/h4H,1-3H3. The predicted molar refractivity (Wildman–Crippen MR) is 37.9 cm³/mol. The van der Waals surface area contributed by atoms with Crippen LogP contribution in [0, 0.1) is 6.92 Å². The van der Waals surface area contributed by atoms with Crippen LogP contribution in [0.4, 0.5) is 0 Å². The number of nitrogens with zero attached hydrogens (tertiary/aromatic N) is 2. The van der Waals surface area contributed by atoms with Gasteiger partial charge in [0.1, 0.15) is 11.5 Å². The normalized spacial score (nSPS) is 9.90. The van der Waals surface area contributed by atoms with Gasteiger partial charge in [0.05, 0.1) is 6.20 Å². The molecule has 0 saturated carbocycles. The molecule has 0 N–H and O–H groups in total. The molecule has 3 heteroatoms. The average Bonchev–Trinajstić information content (AvgIpc) is 2.14. The Morgan fingerprint density at radius 1 is 1.70 bits per heavy atom. The first-order chi connectivity index (χ1) is 4.63. The van der Waals surface area contributed by atoms with Crippen molar-refractivity contribution in [3.63, 3.8) is 0 Å². The van der Waals surface area contributed by atoms with Crippen molar-refractivity contribution < 1.29 is 4.79 Å². The third-order valence-electron chi connectivity index (χ3n) is 1.58. The molecule has 0 fully saturated rings. The Bertz CT molecular complexity index is 263. The van der Waals surface area contributed by atoms with Crippen molar-refractivity contribution in [1.29, 1.82) is 0 Å². The van der Waals surface area contributed by atoms with E-state index in [0.717, 1.165) is 5.82 Å². The fourth-order valence-corrected chi connectivity index (χ4v) is 0.829. The lowest BCUT2D eigenvalue weighted by Crippen LogP contribution is -2.02. The average molecular weight is 138 g/mol. The first kappa shape index (κ1) is 6.99. The third kappa shape index (κ3) is 0.943. The highest BCUT2D eigenvalue weighted by Crippen LogP contribution is 2.01. The number of aryl methyl sites for hydroxylation is 1. The zero-order valence-corrected chi connectivity index (χ0v) is 6.38. The molecule has 0 aliphatic rings. The monoisotopic (exact) mass is 138 g/mol. The minimum absolute atomic E-state index is 0.0584. The van der Waals surface area contributed by atoms with Gasteiger partial charge in [-0.3, -0.25) is 4.79 Å². The molecule has 1 aromatic rings. The molecule has 10 heavy (non-hydrogen) atoms. The highest BCUT2D eigenvalue weighted by Gasteiger charge is 2.05. The van der Waals surface area contributed by atoms with Crippen LogP contribution in [0.25, 0.3) is 0 Å². The minimum atomic E-state index is 0.0584.